The number of hydrogen-bond donors (Lipinski definition) is 2. The van der Waals surface area contributed by atoms with Crippen molar-refractivity contribution in [1.82, 2.24) is 20.8 Å². The standard InChI is InChI=1S/C10H14N4O2/c15-9(12-6-3-4-6)8-13-10(16-14-8)7-2-1-5-11-7/h6-7,11H,1-5H2,(H,12,15)/t7-/m0/s1. The molecule has 16 heavy (non-hydrogen) atoms. The first-order valence-electron chi connectivity index (χ1n) is 5.71. The van der Waals surface area contributed by atoms with E-state index in [1.54, 1.807) is 0 Å². The maximum atomic E-state index is 11.6. The molecular weight excluding hydrogens is 208 g/mol. The van der Waals surface area contributed by atoms with Gasteiger partial charge in [-0.1, -0.05) is 5.16 Å². The Morgan fingerprint density at radius 2 is 2.31 bits per heavy atom. The zero-order chi connectivity index (χ0) is 11.0. The van der Waals surface area contributed by atoms with Gasteiger partial charge in [0.25, 0.3) is 11.7 Å². The molecule has 6 heteroatoms. The minimum Gasteiger partial charge on any atom is -0.346 e. The van der Waals surface area contributed by atoms with Crippen molar-refractivity contribution in [2.75, 3.05) is 6.54 Å². The fourth-order valence-electron chi connectivity index (χ4n) is 1.84. The molecule has 2 N–H and O–H groups in total. The second kappa shape index (κ2) is 3.86. The van der Waals surface area contributed by atoms with Crippen molar-refractivity contribution in [3.05, 3.63) is 11.7 Å². The Balaban J connectivity index is 1.68. The lowest BCUT2D eigenvalue weighted by atomic mass is 10.2. The highest BCUT2D eigenvalue weighted by molar-refractivity contribution is 5.90. The number of aromatic nitrogens is 2. The molecule has 86 valence electrons. The summed E-state index contributed by atoms with van der Waals surface area (Å²) in [5.74, 6) is 0.449. The molecule has 1 aromatic heterocycles. The lowest BCUT2D eigenvalue weighted by molar-refractivity contribution is 0.0937. The highest BCUT2D eigenvalue weighted by Crippen LogP contribution is 2.22. The minimum absolute atomic E-state index is 0.120. The summed E-state index contributed by atoms with van der Waals surface area (Å²) in [7, 11) is 0. The Kier molecular flexibility index (Phi) is 2.36. The number of carbonyl (C=O) groups excluding carboxylic acids is 1. The molecule has 1 aliphatic heterocycles. The molecule has 2 fully saturated rings. The van der Waals surface area contributed by atoms with Gasteiger partial charge in [-0.15, -0.1) is 0 Å². The highest BCUT2D eigenvalue weighted by Gasteiger charge is 2.28. The molecule has 1 aliphatic carbocycles. The first-order valence-corrected chi connectivity index (χ1v) is 5.71. The lowest BCUT2D eigenvalue weighted by Gasteiger charge is -2.01. The molecule has 2 aliphatic rings. The summed E-state index contributed by atoms with van der Waals surface area (Å²) in [5, 5.41) is 9.78. The van der Waals surface area contributed by atoms with Gasteiger partial charge in [0, 0.05) is 6.04 Å². The molecule has 2 heterocycles. The zero-order valence-electron chi connectivity index (χ0n) is 8.90. The quantitative estimate of drug-likeness (QED) is 0.773. The predicted octanol–water partition coefficient (Wildman–Crippen LogP) is 0.386. The Bertz CT molecular complexity index is 393. The molecule has 1 amide bonds. The van der Waals surface area contributed by atoms with E-state index in [1.807, 2.05) is 0 Å². The number of carbonyl (C=O) groups is 1. The first-order chi connectivity index (χ1) is 7.83. The number of amides is 1. The summed E-state index contributed by atoms with van der Waals surface area (Å²) in [4.78, 5) is 15.7. The van der Waals surface area contributed by atoms with E-state index < -0.39 is 0 Å². The number of nitrogens with one attached hydrogen (secondary N) is 2. The first kappa shape index (κ1) is 9.77. The van der Waals surface area contributed by atoms with Gasteiger partial charge in [0.2, 0.25) is 5.89 Å². The van der Waals surface area contributed by atoms with Crippen LogP contribution in [-0.2, 0) is 0 Å². The molecule has 0 bridgehead atoms. The van der Waals surface area contributed by atoms with Crippen LogP contribution in [-0.4, -0.2) is 28.6 Å². The third-order valence-electron chi connectivity index (χ3n) is 2.92. The maximum absolute atomic E-state index is 11.6. The fraction of sp³-hybridized carbons (Fsp3) is 0.700. The predicted molar refractivity (Wildman–Crippen MR) is 54.8 cm³/mol. The second-order valence-electron chi connectivity index (χ2n) is 4.35. The molecule has 0 aromatic carbocycles. The van der Waals surface area contributed by atoms with E-state index in [1.165, 1.54) is 0 Å². The van der Waals surface area contributed by atoms with Crippen molar-refractivity contribution in [1.29, 1.82) is 0 Å². The van der Waals surface area contributed by atoms with Gasteiger partial charge in [0.05, 0.1) is 6.04 Å². The van der Waals surface area contributed by atoms with Crippen molar-refractivity contribution < 1.29 is 9.32 Å². The van der Waals surface area contributed by atoms with Crippen LogP contribution in [0.5, 0.6) is 0 Å². The topological polar surface area (TPSA) is 80.0 Å². The summed E-state index contributed by atoms with van der Waals surface area (Å²) < 4.78 is 5.09. The molecule has 1 saturated heterocycles. The van der Waals surface area contributed by atoms with Crippen LogP contribution in [0.2, 0.25) is 0 Å². The van der Waals surface area contributed by atoms with E-state index in [2.05, 4.69) is 20.8 Å². The van der Waals surface area contributed by atoms with Crippen LogP contribution in [0, 0.1) is 0 Å². The van der Waals surface area contributed by atoms with Crippen LogP contribution in [0.3, 0.4) is 0 Å². The highest BCUT2D eigenvalue weighted by atomic mass is 16.5. The number of hydrogen-bond acceptors (Lipinski definition) is 5. The van der Waals surface area contributed by atoms with Crippen LogP contribution in [0.4, 0.5) is 0 Å². The molecule has 0 unspecified atom stereocenters. The molecule has 1 atom stereocenters. The maximum Gasteiger partial charge on any atom is 0.292 e. The fourth-order valence-corrected chi connectivity index (χ4v) is 1.84. The summed E-state index contributed by atoms with van der Waals surface area (Å²) >= 11 is 0. The normalized spacial score (nSPS) is 24.6. The number of nitrogens with zero attached hydrogens (tertiary/aromatic N) is 2. The Morgan fingerprint density at radius 1 is 1.44 bits per heavy atom. The van der Waals surface area contributed by atoms with E-state index >= 15 is 0 Å². The lowest BCUT2D eigenvalue weighted by Crippen LogP contribution is -2.26. The monoisotopic (exact) mass is 222 g/mol. The van der Waals surface area contributed by atoms with E-state index in [9.17, 15) is 4.79 Å². The van der Waals surface area contributed by atoms with Gasteiger partial charge in [0.1, 0.15) is 0 Å². The molecule has 0 radical (unpaired) electrons. The van der Waals surface area contributed by atoms with Crippen LogP contribution < -0.4 is 10.6 Å². The van der Waals surface area contributed by atoms with Crippen LogP contribution in [0.25, 0.3) is 0 Å². The van der Waals surface area contributed by atoms with Crippen LogP contribution >= 0.6 is 0 Å². The molecule has 0 spiro atoms. The van der Waals surface area contributed by atoms with E-state index in [4.69, 9.17) is 4.52 Å². The Labute approximate surface area is 92.8 Å². The minimum atomic E-state index is -0.226. The van der Waals surface area contributed by atoms with Gasteiger partial charge in [-0.25, -0.2) is 0 Å². The van der Waals surface area contributed by atoms with Crippen molar-refractivity contribution >= 4 is 5.91 Å². The van der Waals surface area contributed by atoms with Gasteiger partial charge in [0.15, 0.2) is 0 Å². The van der Waals surface area contributed by atoms with Crippen LogP contribution in [0.15, 0.2) is 4.52 Å². The Morgan fingerprint density at radius 3 is 3.00 bits per heavy atom. The Hall–Kier alpha value is -1.43. The van der Waals surface area contributed by atoms with Crippen molar-refractivity contribution in [2.24, 2.45) is 0 Å². The van der Waals surface area contributed by atoms with Gasteiger partial charge in [-0.2, -0.15) is 4.98 Å². The average Bonchev–Trinajstić information content (AvgIpc) is 2.84. The summed E-state index contributed by atoms with van der Waals surface area (Å²) in [6.07, 6.45) is 4.21. The molecular formula is C10H14N4O2. The van der Waals surface area contributed by atoms with Crippen LogP contribution in [0.1, 0.15) is 48.2 Å². The molecule has 1 aromatic rings. The smallest absolute Gasteiger partial charge is 0.292 e. The summed E-state index contributed by atoms with van der Waals surface area (Å²) in [5.41, 5.74) is 0. The largest absolute Gasteiger partial charge is 0.346 e. The van der Waals surface area contributed by atoms with Crippen molar-refractivity contribution in [3.8, 4) is 0 Å². The zero-order valence-corrected chi connectivity index (χ0v) is 8.90. The second-order valence-corrected chi connectivity index (χ2v) is 4.35. The van der Waals surface area contributed by atoms with E-state index in [-0.39, 0.29) is 17.8 Å². The number of rotatable bonds is 3. The molecule has 6 nitrogen and oxygen atoms in total. The van der Waals surface area contributed by atoms with Crippen molar-refractivity contribution in [2.45, 2.75) is 37.8 Å². The van der Waals surface area contributed by atoms with E-state index in [0.717, 1.165) is 32.2 Å². The summed E-state index contributed by atoms with van der Waals surface area (Å²) in [6.45, 7) is 0.969. The van der Waals surface area contributed by atoms with E-state index in [0.29, 0.717) is 11.9 Å². The van der Waals surface area contributed by atoms with Gasteiger partial charge in [-0.05, 0) is 32.2 Å². The molecule has 3 rings (SSSR count). The third kappa shape index (κ3) is 1.92. The average molecular weight is 222 g/mol. The van der Waals surface area contributed by atoms with Gasteiger partial charge >= 0.3 is 0 Å². The SMILES string of the molecule is O=C(NC1CC1)c1noc([C@@H]2CCCN2)n1. The van der Waals surface area contributed by atoms with Gasteiger partial charge < -0.3 is 15.2 Å². The summed E-state index contributed by atoms with van der Waals surface area (Å²) in [6, 6.07) is 0.439. The van der Waals surface area contributed by atoms with Crippen molar-refractivity contribution in [3.63, 3.8) is 0 Å². The van der Waals surface area contributed by atoms with Gasteiger partial charge in [-0.3, -0.25) is 4.79 Å². The molecule has 1 saturated carbocycles. The third-order valence-corrected chi connectivity index (χ3v) is 2.92.